The van der Waals surface area contributed by atoms with Gasteiger partial charge in [0.2, 0.25) is 12.0 Å². The van der Waals surface area contributed by atoms with Gasteiger partial charge in [-0.25, -0.2) is 13.1 Å². The number of anilines is 1. The van der Waals surface area contributed by atoms with Gasteiger partial charge in [0.05, 0.1) is 5.41 Å². The zero-order valence-electron chi connectivity index (χ0n) is 15.7. The second-order valence-corrected chi connectivity index (χ2v) is 9.08. The van der Waals surface area contributed by atoms with E-state index in [4.69, 9.17) is 4.74 Å². The SMILES string of the molecule is C=C[C@@H]1C[C@]1(C)C(=O)NS(=O)(=O)c1cccc2c1NC(=O)C(c1ccccc1)O2. The number of rotatable bonds is 5. The van der Waals surface area contributed by atoms with E-state index in [0.717, 1.165) is 0 Å². The minimum Gasteiger partial charge on any atom is -0.474 e. The van der Waals surface area contributed by atoms with Crippen LogP contribution < -0.4 is 14.8 Å². The molecule has 2 aromatic rings. The Bertz CT molecular complexity index is 1110. The van der Waals surface area contributed by atoms with E-state index in [2.05, 4.69) is 16.6 Å². The zero-order chi connectivity index (χ0) is 20.8. The van der Waals surface area contributed by atoms with Crippen LogP contribution >= 0.6 is 0 Å². The Labute approximate surface area is 168 Å². The highest BCUT2D eigenvalue weighted by Gasteiger charge is 2.55. The van der Waals surface area contributed by atoms with Crippen LogP contribution in [-0.2, 0) is 19.6 Å². The van der Waals surface area contributed by atoms with Gasteiger partial charge in [0.1, 0.15) is 16.3 Å². The van der Waals surface area contributed by atoms with Crippen molar-refractivity contribution in [1.82, 2.24) is 4.72 Å². The van der Waals surface area contributed by atoms with E-state index < -0.39 is 33.4 Å². The van der Waals surface area contributed by atoms with Crippen molar-refractivity contribution >= 4 is 27.5 Å². The molecule has 0 saturated heterocycles. The number of hydrogen-bond acceptors (Lipinski definition) is 5. The molecule has 1 aliphatic carbocycles. The number of carbonyl (C=O) groups excluding carboxylic acids is 2. The molecule has 1 heterocycles. The van der Waals surface area contributed by atoms with E-state index in [9.17, 15) is 18.0 Å². The highest BCUT2D eigenvalue weighted by atomic mass is 32.2. The van der Waals surface area contributed by atoms with Crippen molar-refractivity contribution in [1.29, 1.82) is 0 Å². The summed E-state index contributed by atoms with van der Waals surface area (Å²) in [5, 5.41) is 2.62. The Hall–Kier alpha value is -3.13. The van der Waals surface area contributed by atoms with Gasteiger partial charge < -0.3 is 10.1 Å². The molecule has 0 spiro atoms. The summed E-state index contributed by atoms with van der Waals surface area (Å²) in [6.45, 7) is 5.35. The van der Waals surface area contributed by atoms with Gasteiger partial charge >= 0.3 is 0 Å². The molecule has 7 nitrogen and oxygen atoms in total. The van der Waals surface area contributed by atoms with Crippen molar-refractivity contribution in [2.75, 3.05) is 5.32 Å². The largest absolute Gasteiger partial charge is 0.474 e. The highest BCUT2D eigenvalue weighted by Crippen LogP contribution is 2.53. The normalized spacial score (nSPS) is 25.2. The lowest BCUT2D eigenvalue weighted by molar-refractivity contribution is -0.124. The van der Waals surface area contributed by atoms with E-state index in [-0.39, 0.29) is 22.3 Å². The molecular weight excluding hydrogens is 392 g/mol. The molecule has 2 amide bonds. The van der Waals surface area contributed by atoms with Crippen LogP contribution in [0.5, 0.6) is 5.75 Å². The van der Waals surface area contributed by atoms with Gasteiger partial charge in [-0.2, -0.15) is 0 Å². The lowest BCUT2D eigenvalue weighted by atomic mass is 10.1. The molecule has 1 fully saturated rings. The average Bonchev–Trinajstić information content (AvgIpc) is 3.39. The van der Waals surface area contributed by atoms with Crippen molar-refractivity contribution < 1.29 is 22.7 Å². The van der Waals surface area contributed by atoms with Crippen molar-refractivity contribution in [3.8, 4) is 5.75 Å². The summed E-state index contributed by atoms with van der Waals surface area (Å²) in [5.74, 6) is -0.920. The van der Waals surface area contributed by atoms with Crippen molar-refractivity contribution in [3.63, 3.8) is 0 Å². The van der Waals surface area contributed by atoms with E-state index in [1.807, 2.05) is 6.07 Å². The van der Waals surface area contributed by atoms with Crippen LogP contribution in [0.1, 0.15) is 25.0 Å². The minimum atomic E-state index is -4.21. The second-order valence-electron chi connectivity index (χ2n) is 7.43. The van der Waals surface area contributed by atoms with Crippen molar-refractivity contribution in [2.45, 2.75) is 24.3 Å². The molecule has 2 aromatic carbocycles. The summed E-state index contributed by atoms with van der Waals surface area (Å²) in [7, 11) is -4.21. The summed E-state index contributed by atoms with van der Waals surface area (Å²) < 4.78 is 33.7. The predicted molar refractivity (Wildman–Crippen MR) is 107 cm³/mol. The first-order chi connectivity index (χ1) is 13.8. The third-order valence-corrected chi connectivity index (χ3v) is 6.82. The standard InChI is InChI=1S/C21H20N2O5S/c1-3-14-12-21(14,2)20(25)23-29(26,27)16-11-7-10-15-17(16)22-19(24)18(28-15)13-8-5-4-6-9-13/h3-11,14,18H,1,12H2,2H3,(H,22,24)(H,23,25)/t14-,18?,21+/m1/s1. The molecule has 3 atom stereocenters. The maximum atomic E-state index is 12.9. The number of para-hydroxylation sites is 1. The summed E-state index contributed by atoms with van der Waals surface area (Å²) in [5.41, 5.74) is -0.123. The molecule has 0 aromatic heterocycles. The molecular formula is C21H20N2O5S. The summed E-state index contributed by atoms with van der Waals surface area (Å²) in [4.78, 5) is 24.9. The van der Waals surface area contributed by atoms with E-state index >= 15 is 0 Å². The summed E-state index contributed by atoms with van der Waals surface area (Å²) >= 11 is 0. The number of hydrogen-bond donors (Lipinski definition) is 2. The van der Waals surface area contributed by atoms with Gasteiger partial charge in [-0.3, -0.25) is 9.59 Å². The van der Waals surface area contributed by atoms with Gasteiger partial charge in [0.25, 0.3) is 15.9 Å². The lowest BCUT2D eigenvalue weighted by Crippen LogP contribution is -2.37. The Kier molecular flexibility index (Phi) is 4.46. The van der Waals surface area contributed by atoms with Crippen LogP contribution in [0.25, 0.3) is 0 Å². The van der Waals surface area contributed by atoms with Crippen molar-refractivity contribution in [3.05, 3.63) is 66.7 Å². The molecule has 0 radical (unpaired) electrons. The van der Waals surface area contributed by atoms with Gasteiger partial charge in [-0.05, 0) is 24.5 Å². The number of ether oxygens (including phenoxy) is 1. The predicted octanol–water partition coefficient (Wildman–Crippen LogP) is 2.78. The van der Waals surface area contributed by atoms with Crippen LogP contribution in [0, 0.1) is 11.3 Å². The zero-order valence-corrected chi connectivity index (χ0v) is 16.5. The maximum absolute atomic E-state index is 12.9. The molecule has 1 aliphatic heterocycles. The second kappa shape index (κ2) is 6.73. The first-order valence-corrected chi connectivity index (χ1v) is 10.6. The number of fused-ring (bicyclic) bond motifs is 1. The number of amides is 2. The van der Waals surface area contributed by atoms with Gasteiger partial charge in [0.15, 0.2) is 0 Å². The Morgan fingerprint density at radius 2 is 1.97 bits per heavy atom. The number of sulfonamides is 1. The van der Waals surface area contributed by atoms with Gasteiger partial charge in [-0.1, -0.05) is 49.4 Å². The Balaban J connectivity index is 1.63. The van der Waals surface area contributed by atoms with E-state index in [0.29, 0.717) is 12.0 Å². The summed E-state index contributed by atoms with van der Waals surface area (Å²) in [6.07, 6.45) is 1.30. The Morgan fingerprint density at radius 1 is 1.24 bits per heavy atom. The lowest BCUT2D eigenvalue weighted by Gasteiger charge is -2.27. The van der Waals surface area contributed by atoms with Gasteiger partial charge in [0, 0.05) is 5.56 Å². The molecule has 2 aliphatic rings. The molecule has 29 heavy (non-hydrogen) atoms. The monoisotopic (exact) mass is 412 g/mol. The average molecular weight is 412 g/mol. The fourth-order valence-corrected chi connectivity index (χ4v) is 4.73. The molecule has 150 valence electrons. The van der Waals surface area contributed by atoms with Crippen LogP contribution in [0.4, 0.5) is 5.69 Å². The van der Waals surface area contributed by atoms with Crippen LogP contribution in [-0.4, -0.2) is 20.2 Å². The topological polar surface area (TPSA) is 102 Å². The number of carbonyl (C=O) groups is 2. The molecule has 4 rings (SSSR count). The molecule has 1 saturated carbocycles. The van der Waals surface area contributed by atoms with Crippen LogP contribution in [0.2, 0.25) is 0 Å². The number of benzene rings is 2. The molecule has 1 unspecified atom stereocenters. The van der Waals surface area contributed by atoms with Crippen LogP contribution in [0.3, 0.4) is 0 Å². The summed E-state index contributed by atoms with van der Waals surface area (Å²) in [6, 6.07) is 13.3. The van der Waals surface area contributed by atoms with E-state index in [1.54, 1.807) is 43.3 Å². The molecule has 0 bridgehead atoms. The van der Waals surface area contributed by atoms with Gasteiger partial charge in [-0.15, -0.1) is 6.58 Å². The first kappa shape index (κ1) is 19.2. The van der Waals surface area contributed by atoms with Crippen molar-refractivity contribution in [2.24, 2.45) is 11.3 Å². The maximum Gasteiger partial charge on any atom is 0.270 e. The quantitative estimate of drug-likeness (QED) is 0.736. The minimum absolute atomic E-state index is 0.0196. The third-order valence-electron chi connectivity index (χ3n) is 5.44. The smallest absolute Gasteiger partial charge is 0.270 e. The van der Waals surface area contributed by atoms with E-state index in [1.165, 1.54) is 12.1 Å². The highest BCUT2D eigenvalue weighted by molar-refractivity contribution is 7.90. The Morgan fingerprint density at radius 3 is 2.62 bits per heavy atom. The fraction of sp³-hybridized carbons (Fsp3) is 0.238. The fourth-order valence-electron chi connectivity index (χ4n) is 3.47. The number of nitrogens with one attached hydrogen (secondary N) is 2. The molecule has 2 N–H and O–H groups in total. The molecule has 8 heteroatoms. The number of allylic oxidation sites excluding steroid dienone is 1. The van der Waals surface area contributed by atoms with Crippen LogP contribution in [0.15, 0.2) is 66.1 Å². The third kappa shape index (κ3) is 3.29. The first-order valence-electron chi connectivity index (χ1n) is 9.11.